The number of non-ortho nitro benzene ring substituents is 1. The average molecular weight is 504 g/mol. The molecule has 1 amide bonds. The molecule has 0 fully saturated rings. The number of aryl methyl sites for hydroxylation is 2. The van der Waals surface area contributed by atoms with E-state index in [2.05, 4.69) is 5.32 Å². The third kappa shape index (κ3) is 5.46. The van der Waals surface area contributed by atoms with Gasteiger partial charge in [-0.25, -0.2) is 8.42 Å². The van der Waals surface area contributed by atoms with Crippen LogP contribution >= 0.6 is 11.6 Å². The van der Waals surface area contributed by atoms with Gasteiger partial charge in [0, 0.05) is 17.2 Å². The van der Waals surface area contributed by atoms with Gasteiger partial charge in [-0.1, -0.05) is 23.7 Å². The second-order valence-electron chi connectivity index (χ2n) is 7.45. The lowest BCUT2D eigenvalue weighted by molar-refractivity contribution is -0.384. The molecule has 0 radical (unpaired) electrons. The Morgan fingerprint density at radius 3 is 2.38 bits per heavy atom. The van der Waals surface area contributed by atoms with E-state index in [0.29, 0.717) is 16.1 Å². The second-order valence-corrected chi connectivity index (χ2v) is 9.71. The van der Waals surface area contributed by atoms with Crippen LogP contribution in [0.2, 0.25) is 5.02 Å². The highest BCUT2D eigenvalue weighted by Crippen LogP contribution is 2.31. The Hall–Kier alpha value is -3.63. The molecule has 3 aromatic carbocycles. The molecule has 0 heterocycles. The number of carbonyl (C=O) groups excluding carboxylic acids is 1. The van der Waals surface area contributed by atoms with Crippen molar-refractivity contribution in [2.75, 3.05) is 23.3 Å². The first-order chi connectivity index (χ1) is 16.0. The van der Waals surface area contributed by atoms with Gasteiger partial charge in [0.25, 0.3) is 15.7 Å². The van der Waals surface area contributed by atoms with Crippen molar-refractivity contribution in [1.82, 2.24) is 0 Å². The summed E-state index contributed by atoms with van der Waals surface area (Å²) in [5, 5.41) is 14.1. The Balaban J connectivity index is 2.02. The molecule has 0 spiro atoms. The minimum absolute atomic E-state index is 0.107. The molecule has 0 bridgehead atoms. The number of methoxy groups -OCH3 is 1. The highest BCUT2D eigenvalue weighted by atomic mass is 35.5. The van der Waals surface area contributed by atoms with Crippen LogP contribution in [0.3, 0.4) is 0 Å². The number of hydrogen-bond donors (Lipinski definition) is 1. The Kier molecular flexibility index (Phi) is 7.43. The van der Waals surface area contributed by atoms with Crippen molar-refractivity contribution in [3.63, 3.8) is 0 Å². The Morgan fingerprint density at radius 2 is 1.76 bits per heavy atom. The lowest BCUT2D eigenvalue weighted by Crippen LogP contribution is -2.38. The summed E-state index contributed by atoms with van der Waals surface area (Å²) in [7, 11) is -2.90. The highest BCUT2D eigenvalue weighted by molar-refractivity contribution is 7.93. The van der Waals surface area contributed by atoms with E-state index in [9.17, 15) is 23.3 Å². The van der Waals surface area contributed by atoms with Gasteiger partial charge in [0.15, 0.2) is 0 Å². The van der Waals surface area contributed by atoms with Crippen LogP contribution in [-0.2, 0) is 14.8 Å². The van der Waals surface area contributed by atoms with Crippen molar-refractivity contribution >= 4 is 44.6 Å². The molecule has 3 rings (SSSR count). The zero-order valence-electron chi connectivity index (χ0n) is 18.6. The molecule has 178 valence electrons. The molecule has 0 aromatic heterocycles. The number of nitrogens with one attached hydrogen (secondary N) is 1. The molecule has 9 nitrogen and oxygen atoms in total. The van der Waals surface area contributed by atoms with Crippen LogP contribution in [0.4, 0.5) is 17.1 Å². The van der Waals surface area contributed by atoms with Crippen LogP contribution in [0.15, 0.2) is 65.6 Å². The predicted octanol–water partition coefficient (Wildman–Crippen LogP) is 4.71. The van der Waals surface area contributed by atoms with Crippen LogP contribution < -0.4 is 14.4 Å². The van der Waals surface area contributed by atoms with Crippen LogP contribution in [0.25, 0.3) is 0 Å². The molecule has 0 aliphatic carbocycles. The minimum atomic E-state index is -4.26. The summed E-state index contributed by atoms with van der Waals surface area (Å²) in [5.74, 6) is -0.562. The molecule has 0 unspecified atom stereocenters. The smallest absolute Gasteiger partial charge is 0.271 e. The summed E-state index contributed by atoms with van der Waals surface area (Å²) in [5.41, 5.74) is 1.49. The zero-order valence-corrected chi connectivity index (χ0v) is 20.2. The number of hydrogen-bond acceptors (Lipinski definition) is 6. The molecule has 11 heteroatoms. The summed E-state index contributed by atoms with van der Waals surface area (Å²) in [6.45, 7) is 2.82. The van der Waals surface area contributed by atoms with Gasteiger partial charge in [0.2, 0.25) is 5.91 Å². The number of carbonyl (C=O) groups is 1. The number of anilines is 2. The molecular formula is C23H22ClN3O6S. The van der Waals surface area contributed by atoms with E-state index in [0.717, 1.165) is 4.31 Å². The molecule has 0 aliphatic rings. The molecule has 0 atom stereocenters. The molecule has 34 heavy (non-hydrogen) atoms. The Morgan fingerprint density at radius 1 is 1.09 bits per heavy atom. The van der Waals surface area contributed by atoms with Crippen molar-refractivity contribution < 1.29 is 22.9 Å². The molecule has 1 N–H and O–H groups in total. The number of halogens is 1. The number of amides is 1. The van der Waals surface area contributed by atoms with Crippen LogP contribution in [0.5, 0.6) is 5.75 Å². The molecule has 0 saturated heterocycles. The summed E-state index contributed by atoms with van der Waals surface area (Å²) in [4.78, 5) is 23.4. The second kappa shape index (κ2) is 10.1. The maximum Gasteiger partial charge on any atom is 0.271 e. The Bertz CT molecular complexity index is 1340. The van der Waals surface area contributed by atoms with Crippen molar-refractivity contribution in [3.05, 3.63) is 86.9 Å². The number of rotatable bonds is 8. The van der Waals surface area contributed by atoms with E-state index in [1.807, 2.05) is 0 Å². The fourth-order valence-corrected chi connectivity index (χ4v) is 5.00. The zero-order chi connectivity index (χ0) is 25.0. The van der Waals surface area contributed by atoms with Crippen molar-refractivity contribution in [3.8, 4) is 5.75 Å². The standard InChI is InChI=1S/C23H22ClN3O6S/c1-15-4-11-21(33-3)22(12-15)34(31,32)26(18-9-6-17(24)7-10-18)14-23(28)25-20-13-19(27(29)30)8-5-16(20)2/h4-13H,14H2,1-3H3,(H,25,28). The first-order valence-corrected chi connectivity index (χ1v) is 11.8. The largest absolute Gasteiger partial charge is 0.495 e. The van der Waals surface area contributed by atoms with Crippen molar-refractivity contribution in [2.45, 2.75) is 18.7 Å². The van der Waals surface area contributed by atoms with Gasteiger partial charge in [-0.2, -0.15) is 0 Å². The van der Waals surface area contributed by atoms with Gasteiger partial charge in [-0.15, -0.1) is 0 Å². The summed E-state index contributed by atoms with van der Waals surface area (Å²) < 4.78 is 33.6. The SMILES string of the molecule is COc1ccc(C)cc1S(=O)(=O)N(CC(=O)Nc1cc([N+](=O)[O-])ccc1C)c1ccc(Cl)cc1. The third-order valence-corrected chi connectivity index (χ3v) is 7.04. The summed E-state index contributed by atoms with van der Waals surface area (Å²) in [6.07, 6.45) is 0. The van der Waals surface area contributed by atoms with Gasteiger partial charge in [0.1, 0.15) is 17.2 Å². The fraction of sp³-hybridized carbons (Fsp3) is 0.174. The fourth-order valence-electron chi connectivity index (χ4n) is 3.21. The number of nitrogens with zero attached hydrogens (tertiary/aromatic N) is 2. The van der Waals surface area contributed by atoms with Crippen LogP contribution in [-0.4, -0.2) is 32.9 Å². The van der Waals surface area contributed by atoms with Gasteiger partial charge in [-0.05, 0) is 61.4 Å². The minimum Gasteiger partial charge on any atom is -0.495 e. The normalized spacial score (nSPS) is 11.1. The monoisotopic (exact) mass is 503 g/mol. The first-order valence-electron chi connectivity index (χ1n) is 10.0. The maximum atomic E-state index is 13.7. The highest BCUT2D eigenvalue weighted by Gasteiger charge is 2.30. The van der Waals surface area contributed by atoms with E-state index in [-0.39, 0.29) is 27.7 Å². The third-order valence-electron chi connectivity index (χ3n) is 5.00. The molecular weight excluding hydrogens is 482 g/mol. The van der Waals surface area contributed by atoms with Gasteiger partial charge in [-0.3, -0.25) is 19.2 Å². The van der Waals surface area contributed by atoms with Crippen LogP contribution in [0, 0.1) is 24.0 Å². The quantitative estimate of drug-likeness (QED) is 0.351. The lowest BCUT2D eigenvalue weighted by atomic mass is 10.2. The molecule has 0 saturated carbocycles. The lowest BCUT2D eigenvalue weighted by Gasteiger charge is -2.25. The predicted molar refractivity (Wildman–Crippen MR) is 130 cm³/mol. The number of nitro groups is 1. The van der Waals surface area contributed by atoms with Crippen LogP contribution in [0.1, 0.15) is 11.1 Å². The Labute approximate surface area is 202 Å². The number of ether oxygens (including phenoxy) is 1. The molecule has 3 aromatic rings. The van der Waals surface area contributed by atoms with E-state index >= 15 is 0 Å². The number of benzene rings is 3. The van der Waals surface area contributed by atoms with Gasteiger partial charge in [0.05, 0.1) is 23.4 Å². The average Bonchev–Trinajstić information content (AvgIpc) is 2.79. The molecule has 0 aliphatic heterocycles. The summed E-state index contributed by atoms with van der Waals surface area (Å²) in [6, 6.07) is 14.7. The van der Waals surface area contributed by atoms with Gasteiger partial charge < -0.3 is 10.1 Å². The topological polar surface area (TPSA) is 119 Å². The number of sulfonamides is 1. The van der Waals surface area contributed by atoms with E-state index in [4.69, 9.17) is 16.3 Å². The van der Waals surface area contributed by atoms with Crippen molar-refractivity contribution in [1.29, 1.82) is 0 Å². The summed E-state index contributed by atoms with van der Waals surface area (Å²) >= 11 is 5.96. The van der Waals surface area contributed by atoms with E-state index in [1.165, 1.54) is 61.7 Å². The van der Waals surface area contributed by atoms with Gasteiger partial charge >= 0.3 is 0 Å². The van der Waals surface area contributed by atoms with E-state index in [1.54, 1.807) is 19.9 Å². The number of nitro benzene ring substituents is 1. The maximum absolute atomic E-state index is 13.7. The van der Waals surface area contributed by atoms with Crippen molar-refractivity contribution in [2.24, 2.45) is 0 Å². The first kappa shape index (κ1) is 25.0. The van der Waals surface area contributed by atoms with E-state index < -0.39 is 27.4 Å².